The number of hydrogen-bond donors (Lipinski definition) is 1. The van der Waals surface area contributed by atoms with Gasteiger partial charge in [0.1, 0.15) is 0 Å². The largest absolute Gasteiger partial charge is 0.315 e. The van der Waals surface area contributed by atoms with E-state index in [1.165, 1.54) is 37.7 Å². The average molecular weight is 295 g/mol. The number of rotatable bonds is 5. The summed E-state index contributed by atoms with van der Waals surface area (Å²) in [5.41, 5.74) is 1.65. The second-order valence-electron chi connectivity index (χ2n) is 6.23. The van der Waals surface area contributed by atoms with Crippen molar-refractivity contribution in [3.05, 3.63) is 34.9 Å². The van der Waals surface area contributed by atoms with Crippen LogP contribution in [0, 0.1) is 0 Å². The van der Waals surface area contributed by atoms with Crippen molar-refractivity contribution in [2.75, 3.05) is 21.1 Å². The number of nitrogens with zero attached hydrogens (tertiary/aromatic N) is 1. The summed E-state index contributed by atoms with van der Waals surface area (Å²) in [6, 6.07) is 8.77. The second-order valence-corrected chi connectivity index (χ2v) is 6.67. The average Bonchev–Trinajstić information content (AvgIpc) is 2.47. The van der Waals surface area contributed by atoms with Crippen molar-refractivity contribution >= 4 is 11.6 Å². The van der Waals surface area contributed by atoms with Crippen LogP contribution in [0.2, 0.25) is 5.02 Å². The van der Waals surface area contributed by atoms with Gasteiger partial charge in [0.25, 0.3) is 0 Å². The Balaban J connectivity index is 2.18. The molecule has 0 heterocycles. The molecule has 20 heavy (non-hydrogen) atoms. The molecule has 0 aromatic heterocycles. The first-order valence-electron chi connectivity index (χ1n) is 7.67. The molecule has 0 bridgehead atoms. The zero-order valence-electron chi connectivity index (χ0n) is 13.0. The number of likely N-dealkylation sites (N-methyl/N-ethyl adjacent to an activating group) is 2. The lowest BCUT2D eigenvalue weighted by Gasteiger charge is -2.48. The Bertz CT molecular complexity index is 408. The molecule has 2 rings (SSSR count). The summed E-state index contributed by atoms with van der Waals surface area (Å²) in [6.45, 7) is 0. The third-order valence-corrected chi connectivity index (χ3v) is 5.21. The van der Waals surface area contributed by atoms with Crippen LogP contribution in [0.15, 0.2) is 24.3 Å². The van der Waals surface area contributed by atoms with Crippen molar-refractivity contribution in [1.82, 2.24) is 10.2 Å². The van der Waals surface area contributed by atoms with Crippen LogP contribution in [0.1, 0.15) is 37.7 Å². The zero-order chi connectivity index (χ0) is 14.6. The Morgan fingerprint density at radius 1 is 1.15 bits per heavy atom. The highest BCUT2D eigenvalue weighted by molar-refractivity contribution is 6.30. The van der Waals surface area contributed by atoms with Crippen LogP contribution in [0.4, 0.5) is 0 Å². The molecule has 112 valence electrons. The minimum atomic E-state index is 0.284. The maximum absolute atomic E-state index is 5.98. The van der Waals surface area contributed by atoms with E-state index in [9.17, 15) is 0 Å². The molecular weight excluding hydrogens is 268 g/mol. The summed E-state index contributed by atoms with van der Waals surface area (Å²) < 4.78 is 0. The minimum absolute atomic E-state index is 0.284. The predicted octanol–water partition coefficient (Wildman–Crippen LogP) is 3.74. The SMILES string of the molecule is CNC(Cc1ccc(Cl)cc1)C1(N(C)C)CCCCC1. The van der Waals surface area contributed by atoms with Crippen molar-refractivity contribution < 1.29 is 0 Å². The van der Waals surface area contributed by atoms with Gasteiger partial charge in [-0.2, -0.15) is 0 Å². The standard InChI is InChI=1S/C17H27ClN2/c1-19-16(13-14-7-9-15(18)10-8-14)17(20(2)3)11-5-4-6-12-17/h7-10,16,19H,4-6,11-13H2,1-3H3. The molecule has 1 N–H and O–H groups in total. The van der Waals surface area contributed by atoms with Crippen LogP contribution in [0.5, 0.6) is 0 Å². The molecule has 1 aliphatic rings. The molecule has 1 unspecified atom stereocenters. The lowest BCUT2D eigenvalue weighted by Crippen LogP contribution is -2.60. The number of hydrogen-bond acceptors (Lipinski definition) is 2. The van der Waals surface area contributed by atoms with Gasteiger partial charge in [0.2, 0.25) is 0 Å². The van der Waals surface area contributed by atoms with Crippen LogP contribution < -0.4 is 5.32 Å². The summed E-state index contributed by atoms with van der Waals surface area (Å²) in [5, 5.41) is 4.40. The molecule has 1 aromatic carbocycles. The molecule has 1 aromatic rings. The van der Waals surface area contributed by atoms with Gasteiger partial charge in [-0.05, 0) is 58.1 Å². The third-order valence-electron chi connectivity index (χ3n) is 4.96. The number of benzene rings is 1. The molecule has 1 fully saturated rings. The van der Waals surface area contributed by atoms with Gasteiger partial charge in [-0.25, -0.2) is 0 Å². The van der Waals surface area contributed by atoms with E-state index in [4.69, 9.17) is 11.6 Å². The summed E-state index contributed by atoms with van der Waals surface area (Å²) in [7, 11) is 6.56. The van der Waals surface area contributed by atoms with Gasteiger partial charge in [-0.15, -0.1) is 0 Å². The summed E-state index contributed by atoms with van der Waals surface area (Å²) in [4.78, 5) is 2.45. The molecular formula is C17H27ClN2. The molecule has 3 heteroatoms. The van der Waals surface area contributed by atoms with E-state index >= 15 is 0 Å². The molecule has 1 saturated carbocycles. The molecule has 0 radical (unpaired) electrons. The highest BCUT2D eigenvalue weighted by atomic mass is 35.5. The Morgan fingerprint density at radius 3 is 2.25 bits per heavy atom. The van der Waals surface area contributed by atoms with Gasteiger partial charge >= 0.3 is 0 Å². The molecule has 0 spiro atoms. The first-order chi connectivity index (χ1) is 9.58. The quantitative estimate of drug-likeness (QED) is 0.890. The van der Waals surface area contributed by atoms with Crippen LogP contribution >= 0.6 is 11.6 Å². The number of nitrogens with one attached hydrogen (secondary N) is 1. The van der Waals surface area contributed by atoms with Gasteiger partial charge in [-0.1, -0.05) is 43.0 Å². The first kappa shape index (κ1) is 15.8. The van der Waals surface area contributed by atoms with Crippen molar-refractivity contribution in [3.8, 4) is 0 Å². The molecule has 0 saturated heterocycles. The predicted molar refractivity (Wildman–Crippen MR) is 87.5 cm³/mol. The van der Waals surface area contributed by atoms with E-state index < -0.39 is 0 Å². The zero-order valence-corrected chi connectivity index (χ0v) is 13.7. The van der Waals surface area contributed by atoms with Gasteiger partial charge < -0.3 is 10.2 Å². The normalized spacial score (nSPS) is 20.1. The Morgan fingerprint density at radius 2 is 1.75 bits per heavy atom. The fraction of sp³-hybridized carbons (Fsp3) is 0.647. The van der Waals surface area contributed by atoms with Crippen molar-refractivity contribution in [1.29, 1.82) is 0 Å². The number of halogens is 1. The lowest BCUT2D eigenvalue weighted by molar-refractivity contribution is 0.0598. The van der Waals surface area contributed by atoms with E-state index in [-0.39, 0.29) is 5.54 Å². The topological polar surface area (TPSA) is 15.3 Å². The second kappa shape index (κ2) is 6.93. The summed E-state index contributed by atoms with van der Waals surface area (Å²) >= 11 is 5.98. The van der Waals surface area contributed by atoms with E-state index in [0.29, 0.717) is 6.04 Å². The lowest BCUT2D eigenvalue weighted by atomic mass is 9.73. The maximum atomic E-state index is 5.98. The monoisotopic (exact) mass is 294 g/mol. The molecule has 0 amide bonds. The van der Waals surface area contributed by atoms with Crippen molar-refractivity contribution in [2.45, 2.75) is 50.1 Å². The van der Waals surface area contributed by atoms with Gasteiger partial charge in [0, 0.05) is 16.6 Å². The van der Waals surface area contributed by atoms with E-state index in [1.807, 2.05) is 12.1 Å². The van der Waals surface area contributed by atoms with E-state index in [2.05, 4.69) is 43.5 Å². The highest BCUT2D eigenvalue weighted by Crippen LogP contribution is 2.36. The fourth-order valence-corrected chi connectivity index (χ4v) is 3.81. The summed E-state index contributed by atoms with van der Waals surface area (Å²) in [5.74, 6) is 0. The van der Waals surface area contributed by atoms with Gasteiger partial charge in [0.05, 0.1) is 0 Å². The Labute approximate surface area is 128 Å². The molecule has 0 aliphatic heterocycles. The fourth-order valence-electron chi connectivity index (χ4n) is 3.69. The maximum Gasteiger partial charge on any atom is 0.0406 e. The summed E-state index contributed by atoms with van der Waals surface area (Å²) in [6.07, 6.45) is 7.71. The molecule has 2 nitrogen and oxygen atoms in total. The van der Waals surface area contributed by atoms with Gasteiger partial charge in [-0.3, -0.25) is 0 Å². The Kier molecular flexibility index (Phi) is 5.48. The van der Waals surface area contributed by atoms with Crippen LogP contribution in [0.25, 0.3) is 0 Å². The van der Waals surface area contributed by atoms with Gasteiger partial charge in [0.15, 0.2) is 0 Å². The van der Waals surface area contributed by atoms with Crippen LogP contribution in [-0.4, -0.2) is 37.6 Å². The van der Waals surface area contributed by atoms with Crippen molar-refractivity contribution in [2.24, 2.45) is 0 Å². The first-order valence-corrected chi connectivity index (χ1v) is 8.05. The Hall–Kier alpha value is -0.570. The van der Waals surface area contributed by atoms with Crippen molar-refractivity contribution in [3.63, 3.8) is 0 Å². The molecule has 1 atom stereocenters. The van der Waals surface area contributed by atoms with Crippen LogP contribution in [0.3, 0.4) is 0 Å². The van der Waals surface area contributed by atoms with E-state index in [1.54, 1.807) is 0 Å². The smallest absolute Gasteiger partial charge is 0.0406 e. The third kappa shape index (κ3) is 3.36. The van der Waals surface area contributed by atoms with Crippen LogP contribution in [-0.2, 0) is 6.42 Å². The molecule has 1 aliphatic carbocycles. The highest BCUT2D eigenvalue weighted by Gasteiger charge is 2.40. The van der Waals surface area contributed by atoms with E-state index in [0.717, 1.165) is 11.4 Å². The minimum Gasteiger partial charge on any atom is -0.315 e.